The number of rotatable bonds is 9. The van der Waals surface area contributed by atoms with E-state index in [0.29, 0.717) is 0 Å². The van der Waals surface area contributed by atoms with Crippen molar-refractivity contribution in [1.82, 2.24) is 4.90 Å². The normalized spacial score (nSPS) is 18.1. The van der Waals surface area contributed by atoms with Crippen molar-refractivity contribution in [2.45, 2.75) is 37.8 Å². The Morgan fingerprint density at radius 3 is 1.57 bits per heavy atom. The summed E-state index contributed by atoms with van der Waals surface area (Å²) in [5.74, 6) is 0. The van der Waals surface area contributed by atoms with E-state index in [-0.39, 0.29) is 6.04 Å². The van der Waals surface area contributed by atoms with E-state index in [2.05, 4.69) is 77.7 Å². The molecule has 0 amide bonds. The van der Waals surface area contributed by atoms with Crippen molar-refractivity contribution in [1.29, 1.82) is 0 Å². The van der Waals surface area contributed by atoms with Crippen LogP contribution in [0.4, 0.5) is 4.79 Å². The Morgan fingerprint density at radius 1 is 0.600 bits per heavy atom. The molecular weight excluding hydrogens is 434 g/mol. The van der Waals surface area contributed by atoms with Crippen molar-refractivity contribution in [2.75, 3.05) is 0 Å². The molecule has 35 heavy (non-hydrogen) atoms. The summed E-state index contributed by atoms with van der Waals surface area (Å²) >= 11 is 0. The van der Waals surface area contributed by atoms with E-state index in [0.717, 1.165) is 25.1 Å². The molecule has 1 saturated heterocycles. The van der Waals surface area contributed by atoms with Crippen molar-refractivity contribution in [3.05, 3.63) is 144 Å². The van der Waals surface area contributed by atoms with Crippen LogP contribution in [0.15, 0.2) is 121 Å². The van der Waals surface area contributed by atoms with Crippen LogP contribution in [-0.4, -0.2) is 23.2 Å². The Labute approximate surface area is 206 Å². The minimum Gasteiger partial charge on any atom is -0.425 e. The van der Waals surface area contributed by atoms with Crippen LogP contribution in [0.2, 0.25) is 0 Å². The van der Waals surface area contributed by atoms with Gasteiger partial charge >= 0.3 is 6.16 Å². The molecule has 176 valence electrons. The first-order valence-corrected chi connectivity index (χ1v) is 12.0. The molecule has 0 spiro atoms. The summed E-state index contributed by atoms with van der Waals surface area (Å²) in [5.41, 5.74) is 4.56. The van der Waals surface area contributed by atoms with Gasteiger partial charge < -0.3 is 9.47 Å². The Kier molecular flexibility index (Phi) is 7.21. The van der Waals surface area contributed by atoms with E-state index in [1.54, 1.807) is 0 Å². The van der Waals surface area contributed by atoms with E-state index in [9.17, 15) is 4.79 Å². The first kappa shape index (κ1) is 22.9. The molecule has 4 aromatic carbocycles. The van der Waals surface area contributed by atoms with Crippen LogP contribution >= 0.6 is 0 Å². The average Bonchev–Trinajstić information content (AvgIpc) is 3.30. The summed E-state index contributed by atoms with van der Waals surface area (Å²) in [6.07, 6.45) is -0.796. The van der Waals surface area contributed by atoms with E-state index in [1.807, 2.05) is 48.5 Å². The summed E-state index contributed by atoms with van der Waals surface area (Å²) in [6.45, 7) is 1.45. The smallest absolute Gasteiger partial charge is 0.425 e. The third kappa shape index (κ3) is 5.79. The second-order valence-electron chi connectivity index (χ2n) is 8.91. The topological polar surface area (TPSA) is 38.8 Å². The highest BCUT2D eigenvalue weighted by molar-refractivity contribution is 5.63. The number of carbonyl (C=O) groups is 1. The molecule has 1 aliphatic rings. The van der Waals surface area contributed by atoms with Gasteiger partial charge in [0.05, 0.1) is 6.04 Å². The molecular formula is C31H29NO3. The second kappa shape index (κ2) is 11.0. The van der Waals surface area contributed by atoms with Crippen molar-refractivity contribution in [3.8, 4) is 0 Å². The van der Waals surface area contributed by atoms with Gasteiger partial charge in [0.1, 0.15) is 0 Å². The number of cyclic esters (lactones) is 2. The summed E-state index contributed by atoms with van der Waals surface area (Å²) in [6, 6.07) is 41.1. The Hall–Kier alpha value is -3.89. The minimum absolute atomic E-state index is 0.102. The van der Waals surface area contributed by atoms with E-state index < -0.39 is 18.4 Å². The predicted octanol–water partition coefficient (Wildman–Crippen LogP) is 6.58. The summed E-state index contributed by atoms with van der Waals surface area (Å²) in [4.78, 5) is 14.9. The molecule has 0 N–H and O–H groups in total. The van der Waals surface area contributed by atoms with Crippen LogP contribution in [0.1, 0.15) is 28.4 Å². The van der Waals surface area contributed by atoms with Gasteiger partial charge in [0.15, 0.2) is 12.2 Å². The molecule has 1 aliphatic heterocycles. The van der Waals surface area contributed by atoms with Crippen LogP contribution in [-0.2, 0) is 29.0 Å². The van der Waals surface area contributed by atoms with E-state index in [1.165, 1.54) is 16.7 Å². The fourth-order valence-corrected chi connectivity index (χ4v) is 4.79. The van der Waals surface area contributed by atoms with Crippen LogP contribution in [0, 0.1) is 0 Å². The first-order valence-electron chi connectivity index (χ1n) is 12.0. The lowest BCUT2D eigenvalue weighted by molar-refractivity contribution is 0.0316. The molecule has 0 unspecified atom stereocenters. The third-order valence-corrected chi connectivity index (χ3v) is 6.47. The maximum atomic E-state index is 12.5. The molecule has 0 aromatic heterocycles. The molecule has 0 radical (unpaired) electrons. The minimum atomic E-state index is -0.610. The molecule has 0 aliphatic carbocycles. The number of benzene rings is 4. The SMILES string of the molecule is O=C1O[C@@H]([C@H](Cc2ccccc2)N(Cc2ccccc2)Cc2ccccc2)[C@@H](c2ccccc2)O1. The zero-order chi connectivity index (χ0) is 23.9. The van der Waals surface area contributed by atoms with Gasteiger partial charge in [-0.15, -0.1) is 0 Å². The van der Waals surface area contributed by atoms with Crippen molar-refractivity contribution >= 4 is 6.16 Å². The number of carbonyl (C=O) groups excluding carboxylic acids is 1. The number of hydrogen-bond acceptors (Lipinski definition) is 4. The van der Waals surface area contributed by atoms with E-state index >= 15 is 0 Å². The third-order valence-electron chi connectivity index (χ3n) is 6.47. The van der Waals surface area contributed by atoms with Crippen LogP contribution in [0.25, 0.3) is 0 Å². The fourth-order valence-electron chi connectivity index (χ4n) is 4.79. The van der Waals surface area contributed by atoms with Crippen LogP contribution in [0.5, 0.6) is 0 Å². The molecule has 1 heterocycles. The standard InChI is InChI=1S/C31H29NO3/c33-31-34-29(27-19-11-4-12-20-27)30(35-31)28(21-24-13-5-1-6-14-24)32(22-25-15-7-2-8-16-25)23-26-17-9-3-10-18-26/h1-20,28-30H,21-23H2/t28-,29+,30-/m0/s1. The lowest BCUT2D eigenvalue weighted by atomic mass is 9.92. The van der Waals surface area contributed by atoms with Gasteiger partial charge in [-0.05, 0) is 28.7 Å². The first-order chi connectivity index (χ1) is 17.3. The highest BCUT2D eigenvalue weighted by Crippen LogP contribution is 2.36. The lowest BCUT2D eigenvalue weighted by Crippen LogP contribution is -2.46. The molecule has 3 atom stereocenters. The van der Waals surface area contributed by atoms with Crippen LogP contribution < -0.4 is 0 Å². The van der Waals surface area contributed by atoms with Crippen LogP contribution in [0.3, 0.4) is 0 Å². The zero-order valence-electron chi connectivity index (χ0n) is 19.6. The predicted molar refractivity (Wildman–Crippen MR) is 137 cm³/mol. The number of ether oxygens (including phenoxy) is 2. The number of hydrogen-bond donors (Lipinski definition) is 0. The molecule has 4 nitrogen and oxygen atoms in total. The average molecular weight is 464 g/mol. The van der Waals surface area contributed by atoms with Gasteiger partial charge in [-0.25, -0.2) is 4.79 Å². The Morgan fingerprint density at radius 2 is 1.06 bits per heavy atom. The lowest BCUT2D eigenvalue weighted by Gasteiger charge is -2.36. The summed E-state index contributed by atoms with van der Waals surface area (Å²) < 4.78 is 11.7. The summed E-state index contributed by atoms with van der Waals surface area (Å²) in [5, 5.41) is 0. The summed E-state index contributed by atoms with van der Waals surface area (Å²) in [7, 11) is 0. The highest BCUT2D eigenvalue weighted by atomic mass is 16.8. The van der Waals surface area contributed by atoms with Gasteiger partial charge in [0.2, 0.25) is 0 Å². The monoisotopic (exact) mass is 463 g/mol. The van der Waals surface area contributed by atoms with Gasteiger partial charge in [-0.2, -0.15) is 0 Å². The highest BCUT2D eigenvalue weighted by Gasteiger charge is 2.45. The Bertz CT molecular complexity index is 1160. The quantitative estimate of drug-likeness (QED) is 0.263. The maximum Gasteiger partial charge on any atom is 0.509 e. The fraction of sp³-hybridized carbons (Fsp3) is 0.194. The van der Waals surface area contributed by atoms with Gasteiger partial charge in [0, 0.05) is 13.1 Å². The van der Waals surface area contributed by atoms with E-state index in [4.69, 9.17) is 9.47 Å². The molecule has 1 fully saturated rings. The van der Waals surface area contributed by atoms with Crippen molar-refractivity contribution in [2.24, 2.45) is 0 Å². The largest absolute Gasteiger partial charge is 0.509 e. The molecule has 4 aromatic rings. The second-order valence-corrected chi connectivity index (χ2v) is 8.91. The van der Waals surface area contributed by atoms with Gasteiger partial charge in [-0.3, -0.25) is 4.90 Å². The Balaban J connectivity index is 1.54. The molecule has 5 rings (SSSR count). The van der Waals surface area contributed by atoms with Gasteiger partial charge in [0.25, 0.3) is 0 Å². The van der Waals surface area contributed by atoms with Crippen molar-refractivity contribution in [3.63, 3.8) is 0 Å². The molecule has 4 heteroatoms. The molecule has 0 saturated carbocycles. The zero-order valence-corrected chi connectivity index (χ0v) is 19.6. The molecule has 0 bridgehead atoms. The van der Waals surface area contributed by atoms with Crippen molar-refractivity contribution < 1.29 is 14.3 Å². The number of nitrogens with zero attached hydrogens (tertiary/aromatic N) is 1. The van der Waals surface area contributed by atoms with Gasteiger partial charge in [-0.1, -0.05) is 121 Å². The maximum absolute atomic E-state index is 12.5.